The third-order valence-electron chi connectivity index (χ3n) is 2.02. The van der Waals surface area contributed by atoms with Gasteiger partial charge in [0.1, 0.15) is 0 Å². The van der Waals surface area contributed by atoms with Crippen molar-refractivity contribution >= 4 is 11.6 Å². The van der Waals surface area contributed by atoms with Crippen LogP contribution in [0.4, 0.5) is 11.6 Å². The molecule has 13 heavy (non-hydrogen) atoms. The molecule has 0 aliphatic carbocycles. The molecule has 1 rings (SSSR count). The second kappa shape index (κ2) is 4.02. The topological polar surface area (TPSA) is 53.9 Å². The van der Waals surface area contributed by atoms with Gasteiger partial charge in [-0.1, -0.05) is 6.92 Å². The number of nitrogens with zero attached hydrogens (tertiary/aromatic N) is 2. The minimum atomic E-state index is 0.918. The molecule has 0 saturated carbocycles. The Kier molecular flexibility index (Phi) is 3.00. The van der Waals surface area contributed by atoms with Crippen molar-refractivity contribution < 1.29 is 0 Å². The van der Waals surface area contributed by atoms with E-state index in [1.54, 1.807) is 4.79 Å². The van der Waals surface area contributed by atoms with E-state index in [0.717, 1.165) is 18.1 Å². The van der Waals surface area contributed by atoms with E-state index in [2.05, 4.69) is 28.1 Å². The van der Waals surface area contributed by atoms with E-state index < -0.39 is 0 Å². The number of anilines is 2. The maximum absolute atomic E-state index is 4.32. The largest absolute Gasteiger partial charge is 0.371 e. The zero-order valence-electron chi connectivity index (χ0n) is 8.60. The molecular formula is C8H17N5. The Hall–Kier alpha value is -1.39. The molecule has 5 nitrogen and oxygen atoms in total. The summed E-state index contributed by atoms with van der Waals surface area (Å²) in [6, 6.07) is 0. The van der Waals surface area contributed by atoms with Gasteiger partial charge >= 0.3 is 0 Å². The molecule has 0 fully saturated rings. The van der Waals surface area contributed by atoms with Gasteiger partial charge in [-0.3, -0.25) is 0 Å². The molecule has 0 aliphatic heterocycles. The Bertz CT molecular complexity index is 252. The molecule has 1 heterocycles. The van der Waals surface area contributed by atoms with Crippen LogP contribution in [0.5, 0.6) is 0 Å². The fourth-order valence-electron chi connectivity index (χ4n) is 1.40. The predicted molar refractivity (Wildman–Crippen MR) is 56.0 cm³/mol. The third-order valence-corrected chi connectivity index (χ3v) is 2.02. The van der Waals surface area contributed by atoms with Crippen LogP contribution in [0.3, 0.4) is 0 Å². The maximum atomic E-state index is 4.32. The molecule has 0 unspecified atom stereocenters. The van der Waals surface area contributed by atoms with E-state index >= 15 is 0 Å². The highest BCUT2D eigenvalue weighted by Crippen LogP contribution is 2.22. The van der Waals surface area contributed by atoms with Gasteiger partial charge in [-0.05, 0) is 6.42 Å². The van der Waals surface area contributed by atoms with Crippen LogP contribution in [0.25, 0.3) is 0 Å². The van der Waals surface area contributed by atoms with Crippen molar-refractivity contribution in [3.63, 3.8) is 0 Å². The molecule has 0 bridgehead atoms. The molecule has 0 radical (unpaired) electrons. The fourth-order valence-corrected chi connectivity index (χ4v) is 1.40. The van der Waals surface area contributed by atoms with Crippen LogP contribution >= 0.6 is 0 Å². The summed E-state index contributed by atoms with van der Waals surface area (Å²) in [5.74, 6) is 1.93. The van der Waals surface area contributed by atoms with E-state index in [0.29, 0.717) is 0 Å². The fraction of sp³-hybridized carbons (Fsp3) is 0.625. The molecule has 0 spiro atoms. The Balaban J connectivity index is 3.17. The maximum Gasteiger partial charge on any atom is 0.155 e. The average molecular weight is 183 g/mol. The smallest absolute Gasteiger partial charge is 0.155 e. The number of nitrogens with one attached hydrogen (secondary N) is 3. The highest BCUT2D eigenvalue weighted by Gasteiger charge is 2.13. The first kappa shape index (κ1) is 9.70. The van der Waals surface area contributed by atoms with Crippen molar-refractivity contribution in [3.05, 3.63) is 5.56 Å². The van der Waals surface area contributed by atoms with Gasteiger partial charge in [0.15, 0.2) is 11.6 Å². The van der Waals surface area contributed by atoms with Crippen LogP contribution in [0, 0.1) is 0 Å². The standard InChI is InChI=1S/C8H17N5/c1-5-6-7(9-2)12-13(11-4)8(6)10-3/h10-11H,5H2,1-4H3,(H,9,12). The lowest BCUT2D eigenvalue weighted by Gasteiger charge is -2.05. The lowest BCUT2D eigenvalue weighted by atomic mass is 10.2. The summed E-state index contributed by atoms with van der Waals surface area (Å²) in [5.41, 5.74) is 4.17. The first-order valence-electron chi connectivity index (χ1n) is 4.43. The number of hydrogen-bond donors (Lipinski definition) is 3. The van der Waals surface area contributed by atoms with E-state index in [4.69, 9.17) is 0 Å². The third kappa shape index (κ3) is 1.54. The van der Waals surface area contributed by atoms with Crippen LogP contribution < -0.4 is 16.1 Å². The molecule has 3 N–H and O–H groups in total. The number of hydrogen-bond acceptors (Lipinski definition) is 4. The van der Waals surface area contributed by atoms with Gasteiger partial charge in [0.25, 0.3) is 0 Å². The van der Waals surface area contributed by atoms with Gasteiger partial charge in [-0.15, -0.1) is 5.10 Å². The number of aromatic nitrogens is 2. The second-order valence-electron chi connectivity index (χ2n) is 2.66. The molecule has 74 valence electrons. The van der Waals surface area contributed by atoms with Gasteiger partial charge in [0.2, 0.25) is 0 Å². The summed E-state index contributed by atoms with van der Waals surface area (Å²) >= 11 is 0. The molecular weight excluding hydrogens is 166 g/mol. The zero-order valence-corrected chi connectivity index (χ0v) is 8.60. The van der Waals surface area contributed by atoms with E-state index in [1.165, 1.54) is 5.56 Å². The van der Waals surface area contributed by atoms with Crippen LogP contribution in [0.2, 0.25) is 0 Å². The van der Waals surface area contributed by atoms with Crippen LogP contribution in [0.15, 0.2) is 0 Å². The monoisotopic (exact) mass is 183 g/mol. The minimum absolute atomic E-state index is 0.918. The Morgan fingerprint density at radius 2 is 1.92 bits per heavy atom. The SMILES string of the molecule is CCc1c(NC)nn(NC)c1NC. The predicted octanol–water partition coefficient (Wildman–Crippen LogP) is 0.702. The molecule has 0 amide bonds. The molecule has 5 heteroatoms. The lowest BCUT2D eigenvalue weighted by molar-refractivity contribution is 0.790. The zero-order chi connectivity index (χ0) is 9.84. The van der Waals surface area contributed by atoms with Crippen molar-refractivity contribution in [2.45, 2.75) is 13.3 Å². The quantitative estimate of drug-likeness (QED) is 0.643. The first-order valence-corrected chi connectivity index (χ1v) is 4.43. The summed E-state index contributed by atoms with van der Waals surface area (Å²) in [6.45, 7) is 2.11. The second-order valence-corrected chi connectivity index (χ2v) is 2.66. The van der Waals surface area contributed by atoms with Crippen LogP contribution in [0.1, 0.15) is 12.5 Å². The van der Waals surface area contributed by atoms with Gasteiger partial charge in [-0.25, -0.2) is 0 Å². The normalized spacial score (nSPS) is 9.85. The summed E-state index contributed by atoms with van der Waals surface area (Å²) in [5, 5.41) is 10.5. The average Bonchev–Trinajstić information content (AvgIpc) is 2.54. The summed E-state index contributed by atoms with van der Waals surface area (Å²) in [6.07, 6.45) is 0.952. The summed E-state index contributed by atoms with van der Waals surface area (Å²) in [4.78, 5) is 1.73. The van der Waals surface area contributed by atoms with Gasteiger partial charge in [-0.2, -0.15) is 4.79 Å². The Morgan fingerprint density at radius 3 is 2.31 bits per heavy atom. The summed E-state index contributed by atoms with van der Waals surface area (Å²) in [7, 11) is 5.61. The molecule has 0 aliphatic rings. The first-order chi connectivity index (χ1) is 6.28. The highest BCUT2D eigenvalue weighted by molar-refractivity contribution is 5.59. The van der Waals surface area contributed by atoms with E-state index in [-0.39, 0.29) is 0 Å². The van der Waals surface area contributed by atoms with E-state index in [1.807, 2.05) is 21.1 Å². The molecule has 1 aromatic heterocycles. The molecule has 0 aromatic carbocycles. The van der Waals surface area contributed by atoms with Crippen LogP contribution in [-0.2, 0) is 6.42 Å². The number of rotatable bonds is 4. The Labute approximate surface area is 78.5 Å². The van der Waals surface area contributed by atoms with Crippen molar-refractivity contribution in [2.75, 3.05) is 37.2 Å². The highest BCUT2D eigenvalue weighted by atomic mass is 15.6. The van der Waals surface area contributed by atoms with Crippen molar-refractivity contribution in [1.82, 2.24) is 9.89 Å². The molecule has 1 aromatic rings. The Morgan fingerprint density at radius 1 is 1.23 bits per heavy atom. The lowest BCUT2D eigenvalue weighted by Crippen LogP contribution is -2.13. The van der Waals surface area contributed by atoms with Gasteiger partial charge in [0, 0.05) is 26.7 Å². The van der Waals surface area contributed by atoms with E-state index in [9.17, 15) is 0 Å². The van der Waals surface area contributed by atoms with Gasteiger partial charge < -0.3 is 16.1 Å². The van der Waals surface area contributed by atoms with Crippen molar-refractivity contribution in [3.8, 4) is 0 Å². The molecule has 0 atom stereocenters. The summed E-state index contributed by atoms with van der Waals surface area (Å²) < 4.78 is 0. The van der Waals surface area contributed by atoms with Crippen molar-refractivity contribution in [2.24, 2.45) is 0 Å². The van der Waals surface area contributed by atoms with Crippen LogP contribution in [-0.4, -0.2) is 31.0 Å². The van der Waals surface area contributed by atoms with Gasteiger partial charge in [0.05, 0.1) is 0 Å². The molecule has 0 saturated heterocycles. The van der Waals surface area contributed by atoms with Crippen molar-refractivity contribution in [1.29, 1.82) is 0 Å². The minimum Gasteiger partial charge on any atom is -0.371 e.